The van der Waals surface area contributed by atoms with Crippen LogP contribution in [-0.4, -0.2) is 32.4 Å². The number of piperidine rings is 1. The van der Waals surface area contributed by atoms with Crippen molar-refractivity contribution in [2.45, 2.75) is 32.3 Å². The van der Waals surface area contributed by atoms with Crippen LogP contribution in [0.2, 0.25) is 0 Å². The molecular weight excluding hydrogens is 240 g/mol. The molecule has 1 aromatic rings. The van der Waals surface area contributed by atoms with Crippen molar-refractivity contribution >= 4 is 11.4 Å². The third kappa shape index (κ3) is 3.32. The average Bonchev–Trinajstić information content (AvgIpc) is 2.38. The second-order valence-electron chi connectivity index (χ2n) is 5.37. The van der Waals surface area contributed by atoms with Crippen LogP contribution in [-0.2, 0) is 4.74 Å². The normalized spacial score (nSPS) is 23.4. The summed E-state index contributed by atoms with van der Waals surface area (Å²) in [6.45, 7) is 6.71. The van der Waals surface area contributed by atoms with E-state index in [1.807, 2.05) is 19.1 Å². The minimum Gasteiger partial charge on any atom is -0.494 e. The van der Waals surface area contributed by atoms with Gasteiger partial charge in [-0.25, -0.2) is 0 Å². The molecule has 1 aliphatic heterocycles. The molecule has 19 heavy (non-hydrogen) atoms. The first kappa shape index (κ1) is 14.0. The van der Waals surface area contributed by atoms with Crippen LogP contribution in [0.15, 0.2) is 18.2 Å². The van der Waals surface area contributed by atoms with Gasteiger partial charge in [0, 0.05) is 43.7 Å². The van der Waals surface area contributed by atoms with E-state index in [1.54, 1.807) is 7.11 Å². The van der Waals surface area contributed by atoms with Crippen LogP contribution < -0.4 is 15.4 Å². The van der Waals surface area contributed by atoms with E-state index in [4.69, 9.17) is 15.2 Å². The van der Waals surface area contributed by atoms with Crippen molar-refractivity contribution in [1.82, 2.24) is 0 Å². The number of nitrogen functional groups attached to an aromatic ring is 1. The lowest BCUT2D eigenvalue weighted by Crippen LogP contribution is -2.47. The fourth-order valence-electron chi connectivity index (χ4n) is 2.63. The number of nitrogens with two attached hydrogens (primary N) is 1. The number of hydrogen-bond donors (Lipinski definition) is 1. The molecule has 1 heterocycles. The van der Waals surface area contributed by atoms with Crippen LogP contribution in [0.1, 0.15) is 26.7 Å². The number of hydrogen-bond acceptors (Lipinski definition) is 4. The summed E-state index contributed by atoms with van der Waals surface area (Å²) in [6, 6.07) is 5.93. The van der Waals surface area contributed by atoms with E-state index in [0.29, 0.717) is 6.61 Å². The van der Waals surface area contributed by atoms with Gasteiger partial charge in [-0.1, -0.05) is 0 Å². The van der Waals surface area contributed by atoms with Gasteiger partial charge in [0.2, 0.25) is 0 Å². The maximum Gasteiger partial charge on any atom is 0.123 e. The second-order valence-corrected chi connectivity index (χ2v) is 5.37. The Hall–Kier alpha value is -1.42. The van der Waals surface area contributed by atoms with E-state index < -0.39 is 0 Å². The Morgan fingerprint density at radius 2 is 2.16 bits per heavy atom. The molecule has 1 fully saturated rings. The Balaban J connectivity index is 2.21. The van der Waals surface area contributed by atoms with Gasteiger partial charge < -0.3 is 20.1 Å². The van der Waals surface area contributed by atoms with Crippen molar-refractivity contribution in [2.24, 2.45) is 0 Å². The SMILES string of the molecule is CCOc1cc(N)cc(N2CCCC(C)(OC)C2)c1. The van der Waals surface area contributed by atoms with Gasteiger partial charge in [-0.2, -0.15) is 0 Å². The zero-order valence-corrected chi connectivity index (χ0v) is 12.1. The van der Waals surface area contributed by atoms with E-state index in [2.05, 4.69) is 17.9 Å². The van der Waals surface area contributed by atoms with Crippen LogP contribution in [0.3, 0.4) is 0 Å². The third-order valence-electron chi connectivity index (χ3n) is 3.74. The van der Waals surface area contributed by atoms with Crippen molar-refractivity contribution in [3.63, 3.8) is 0 Å². The molecule has 0 saturated carbocycles. The minimum atomic E-state index is -0.0748. The van der Waals surface area contributed by atoms with E-state index in [-0.39, 0.29) is 5.60 Å². The third-order valence-corrected chi connectivity index (χ3v) is 3.74. The number of methoxy groups -OCH3 is 1. The van der Waals surface area contributed by atoms with Crippen molar-refractivity contribution in [1.29, 1.82) is 0 Å². The lowest BCUT2D eigenvalue weighted by atomic mass is 9.94. The highest BCUT2D eigenvalue weighted by molar-refractivity contribution is 5.61. The predicted molar refractivity (Wildman–Crippen MR) is 78.9 cm³/mol. The summed E-state index contributed by atoms with van der Waals surface area (Å²) >= 11 is 0. The van der Waals surface area contributed by atoms with E-state index in [1.165, 1.54) is 0 Å². The molecule has 0 aromatic heterocycles. The van der Waals surface area contributed by atoms with Gasteiger partial charge in [0.1, 0.15) is 5.75 Å². The smallest absolute Gasteiger partial charge is 0.123 e. The molecule has 0 radical (unpaired) electrons. The summed E-state index contributed by atoms with van der Waals surface area (Å²) in [5.74, 6) is 0.835. The van der Waals surface area contributed by atoms with Gasteiger partial charge in [-0.15, -0.1) is 0 Å². The molecule has 1 aromatic carbocycles. The summed E-state index contributed by atoms with van der Waals surface area (Å²) in [5, 5.41) is 0. The van der Waals surface area contributed by atoms with Crippen molar-refractivity contribution in [3.8, 4) is 5.75 Å². The molecule has 2 rings (SSSR count). The predicted octanol–water partition coefficient (Wildman–Crippen LogP) is 2.67. The molecule has 1 saturated heterocycles. The van der Waals surface area contributed by atoms with Gasteiger partial charge in [-0.3, -0.25) is 0 Å². The van der Waals surface area contributed by atoms with Gasteiger partial charge in [0.15, 0.2) is 0 Å². The lowest BCUT2D eigenvalue weighted by molar-refractivity contribution is -0.00466. The quantitative estimate of drug-likeness (QED) is 0.849. The number of anilines is 2. The van der Waals surface area contributed by atoms with Crippen LogP contribution in [0.25, 0.3) is 0 Å². The number of benzene rings is 1. The first-order valence-corrected chi connectivity index (χ1v) is 6.90. The molecule has 1 unspecified atom stereocenters. The molecule has 4 nitrogen and oxygen atoms in total. The van der Waals surface area contributed by atoms with E-state index in [9.17, 15) is 0 Å². The largest absolute Gasteiger partial charge is 0.494 e. The van der Waals surface area contributed by atoms with E-state index in [0.717, 1.165) is 43.1 Å². The second kappa shape index (κ2) is 5.70. The minimum absolute atomic E-state index is 0.0748. The van der Waals surface area contributed by atoms with Crippen LogP contribution in [0, 0.1) is 0 Å². The van der Waals surface area contributed by atoms with Crippen LogP contribution >= 0.6 is 0 Å². The first-order chi connectivity index (χ1) is 9.06. The molecular formula is C15H24N2O2. The monoisotopic (exact) mass is 264 g/mol. The topological polar surface area (TPSA) is 47.7 Å². The molecule has 4 heteroatoms. The Morgan fingerprint density at radius 1 is 1.37 bits per heavy atom. The number of rotatable bonds is 4. The summed E-state index contributed by atoms with van der Waals surface area (Å²) < 4.78 is 11.2. The van der Waals surface area contributed by atoms with Crippen molar-refractivity contribution in [3.05, 3.63) is 18.2 Å². The molecule has 106 valence electrons. The Labute approximate surface area is 115 Å². The summed E-state index contributed by atoms with van der Waals surface area (Å²) in [6.07, 6.45) is 2.23. The highest BCUT2D eigenvalue weighted by Gasteiger charge is 2.31. The molecule has 2 N–H and O–H groups in total. The highest BCUT2D eigenvalue weighted by Crippen LogP contribution is 2.31. The fourth-order valence-corrected chi connectivity index (χ4v) is 2.63. The van der Waals surface area contributed by atoms with Gasteiger partial charge >= 0.3 is 0 Å². The van der Waals surface area contributed by atoms with Gasteiger partial charge in [0.25, 0.3) is 0 Å². The standard InChI is InChI=1S/C15H24N2O2/c1-4-19-14-9-12(16)8-13(10-14)17-7-5-6-15(2,11-17)18-3/h8-10H,4-7,11,16H2,1-3H3. The summed E-state index contributed by atoms with van der Waals surface area (Å²) in [5.41, 5.74) is 7.74. The maximum atomic E-state index is 5.96. The average molecular weight is 264 g/mol. The Morgan fingerprint density at radius 3 is 2.84 bits per heavy atom. The van der Waals surface area contributed by atoms with Gasteiger partial charge in [0.05, 0.1) is 12.2 Å². The first-order valence-electron chi connectivity index (χ1n) is 6.90. The number of nitrogens with zero attached hydrogens (tertiary/aromatic N) is 1. The molecule has 1 aliphatic rings. The molecule has 0 bridgehead atoms. The highest BCUT2D eigenvalue weighted by atomic mass is 16.5. The number of ether oxygens (including phenoxy) is 2. The van der Waals surface area contributed by atoms with Crippen LogP contribution in [0.4, 0.5) is 11.4 Å². The molecule has 0 amide bonds. The molecule has 1 atom stereocenters. The fraction of sp³-hybridized carbons (Fsp3) is 0.600. The van der Waals surface area contributed by atoms with Crippen molar-refractivity contribution in [2.75, 3.05) is 37.4 Å². The lowest BCUT2D eigenvalue weighted by Gasteiger charge is -2.40. The summed E-state index contributed by atoms with van der Waals surface area (Å²) in [4.78, 5) is 2.33. The Kier molecular flexibility index (Phi) is 4.20. The molecule has 0 spiro atoms. The zero-order valence-electron chi connectivity index (χ0n) is 12.1. The van der Waals surface area contributed by atoms with Crippen molar-refractivity contribution < 1.29 is 9.47 Å². The maximum absolute atomic E-state index is 5.96. The summed E-state index contributed by atoms with van der Waals surface area (Å²) in [7, 11) is 1.79. The molecule has 0 aliphatic carbocycles. The van der Waals surface area contributed by atoms with E-state index >= 15 is 0 Å². The zero-order chi connectivity index (χ0) is 13.9. The van der Waals surface area contributed by atoms with Gasteiger partial charge in [-0.05, 0) is 32.8 Å². The van der Waals surface area contributed by atoms with Crippen LogP contribution in [0.5, 0.6) is 5.75 Å². The Bertz CT molecular complexity index is 436.